The first-order chi connectivity index (χ1) is 11.9. The third-order valence-corrected chi connectivity index (χ3v) is 5.85. The van der Waals surface area contributed by atoms with Crippen molar-refractivity contribution in [3.63, 3.8) is 0 Å². The van der Waals surface area contributed by atoms with Crippen LogP contribution in [0.3, 0.4) is 0 Å². The van der Waals surface area contributed by atoms with Crippen molar-refractivity contribution in [3.05, 3.63) is 24.3 Å². The summed E-state index contributed by atoms with van der Waals surface area (Å²) in [5, 5.41) is 0.590. The average Bonchev–Trinajstić information content (AvgIpc) is 3.17. The monoisotopic (exact) mass is 365 g/mol. The van der Waals surface area contributed by atoms with Crippen LogP contribution in [0.2, 0.25) is 0 Å². The number of hydrogen-bond acceptors (Lipinski definition) is 4. The Morgan fingerprint density at radius 3 is 2.68 bits per heavy atom. The minimum atomic E-state index is -2.69. The zero-order valence-corrected chi connectivity index (χ0v) is 14.3. The smallest absolute Gasteiger partial charge is 0.251 e. The van der Waals surface area contributed by atoms with E-state index in [4.69, 9.17) is 0 Å². The summed E-state index contributed by atoms with van der Waals surface area (Å²) in [5.41, 5.74) is 0.823. The van der Waals surface area contributed by atoms with Gasteiger partial charge < -0.3 is 4.90 Å². The zero-order valence-electron chi connectivity index (χ0n) is 13.5. The van der Waals surface area contributed by atoms with Crippen LogP contribution < -0.4 is 4.90 Å². The second kappa shape index (κ2) is 6.01. The summed E-state index contributed by atoms with van der Waals surface area (Å²) in [7, 11) is 0. The maximum Gasteiger partial charge on any atom is 0.251 e. The lowest BCUT2D eigenvalue weighted by Gasteiger charge is -2.33. The highest BCUT2D eigenvalue weighted by Gasteiger charge is 2.41. The van der Waals surface area contributed by atoms with Gasteiger partial charge in [-0.3, -0.25) is 14.5 Å². The van der Waals surface area contributed by atoms with Crippen LogP contribution in [0.5, 0.6) is 0 Å². The highest BCUT2D eigenvalue weighted by atomic mass is 32.1. The molecule has 0 N–H and O–H groups in total. The highest BCUT2D eigenvalue weighted by Crippen LogP contribution is 2.34. The van der Waals surface area contributed by atoms with Crippen molar-refractivity contribution in [3.8, 4) is 0 Å². The molecule has 3 heterocycles. The van der Waals surface area contributed by atoms with E-state index in [0.717, 1.165) is 10.2 Å². The van der Waals surface area contributed by atoms with E-state index in [-0.39, 0.29) is 50.7 Å². The number of carbonyl (C=O) groups excluding carboxylic acids is 2. The molecule has 2 amide bonds. The van der Waals surface area contributed by atoms with Gasteiger partial charge in [-0.2, -0.15) is 0 Å². The van der Waals surface area contributed by atoms with Crippen molar-refractivity contribution in [1.29, 1.82) is 0 Å². The number of likely N-dealkylation sites (tertiary alicyclic amines) is 1. The standard InChI is InChI=1S/C17H17F2N3O2S/c18-17(19)5-7-21(8-6-17)15(24)11-9-14(23)22(10-11)16-20-12-3-1-2-4-13(12)25-16/h1-4,11H,5-10H2. The lowest BCUT2D eigenvalue weighted by Crippen LogP contribution is -2.45. The van der Waals surface area contributed by atoms with Crippen LogP contribution in [0, 0.1) is 5.92 Å². The number of para-hydroxylation sites is 1. The molecule has 2 aromatic rings. The number of rotatable bonds is 2. The summed E-state index contributed by atoms with van der Waals surface area (Å²) in [4.78, 5) is 32.4. The summed E-state index contributed by atoms with van der Waals surface area (Å²) in [6, 6.07) is 7.62. The van der Waals surface area contributed by atoms with Gasteiger partial charge in [0, 0.05) is 38.9 Å². The van der Waals surface area contributed by atoms with Gasteiger partial charge in [0.05, 0.1) is 16.1 Å². The van der Waals surface area contributed by atoms with E-state index in [2.05, 4.69) is 4.98 Å². The van der Waals surface area contributed by atoms with Gasteiger partial charge in [0.15, 0.2) is 5.13 Å². The van der Waals surface area contributed by atoms with Crippen molar-refractivity contribution in [1.82, 2.24) is 9.88 Å². The molecule has 132 valence electrons. The number of piperidine rings is 1. The number of benzene rings is 1. The van der Waals surface area contributed by atoms with Gasteiger partial charge in [0.1, 0.15) is 0 Å². The first-order valence-corrected chi connectivity index (χ1v) is 9.07. The van der Waals surface area contributed by atoms with Crippen LogP contribution in [0.15, 0.2) is 24.3 Å². The Labute approximate surface area is 147 Å². The van der Waals surface area contributed by atoms with Crippen LogP contribution in [0.1, 0.15) is 19.3 Å². The number of carbonyl (C=O) groups is 2. The molecule has 1 unspecified atom stereocenters. The Bertz CT molecular complexity index is 795. The molecule has 0 aliphatic carbocycles. The fourth-order valence-corrected chi connectivity index (χ4v) is 4.34. The molecule has 4 rings (SSSR count). The fourth-order valence-electron chi connectivity index (χ4n) is 3.35. The van der Waals surface area contributed by atoms with Gasteiger partial charge in [0.2, 0.25) is 11.8 Å². The first kappa shape index (κ1) is 16.4. The molecule has 1 aromatic carbocycles. The average molecular weight is 365 g/mol. The van der Waals surface area contributed by atoms with E-state index in [0.29, 0.717) is 5.13 Å². The molecule has 0 spiro atoms. The van der Waals surface area contributed by atoms with E-state index >= 15 is 0 Å². The van der Waals surface area contributed by atoms with E-state index in [1.807, 2.05) is 24.3 Å². The van der Waals surface area contributed by atoms with Crippen LogP contribution in [0.25, 0.3) is 10.2 Å². The second-order valence-corrected chi connectivity index (χ2v) is 7.56. The largest absolute Gasteiger partial charge is 0.342 e. The molecule has 2 fully saturated rings. The third-order valence-electron chi connectivity index (χ3n) is 4.79. The number of anilines is 1. The summed E-state index contributed by atoms with van der Waals surface area (Å²) in [5.74, 6) is -3.51. The maximum atomic E-state index is 13.3. The number of aromatic nitrogens is 1. The topological polar surface area (TPSA) is 53.5 Å². The van der Waals surface area contributed by atoms with E-state index in [1.54, 1.807) is 4.90 Å². The lowest BCUT2D eigenvalue weighted by molar-refractivity contribution is -0.141. The Balaban J connectivity index is 1.47. The molecule has 8 heteroatoms. The van der Waals surface area contributed by atoms with Crippen LogP contribution in [0.4, 0.5) is 13.9 Å². The number of halogens is 2. The lowest BCUT2D eigenvalue weighted by atomic mass is 10.0. The van der Waals surface area contributed by atoms with Gasteiger partial charge in [-0.1, -0.05) is 23.5 Å². The highest BCUT2D eigenvalue weighted by molar-refractivity contribution is 7.22. The SMILES string of the molecule is O=C(C1CC(=O)N(c2nc3ccccc3s2)C1)N1CCC(F)(F)CC1. The minimum Gasteiger partial charge on any atom is -0.342 e. The molecular formula is C17H17F2N3O2S. The fraction of sp³-hybridized carbons (Fsp3) is 0.471. The molecule has 2 saturated heterocycles. The molecule has 5 nitrogen and oxygen atoms in total. The third kappa shape index (κ3) is 3.10. The summed E-state index contributed by atoms with van der Waals surface area (Å²) < 4.78 is 27.5. The normalized spacial score (nSPS) is 23.4. The number of alkyl halides is 2. The Hall–Kier alpha value is -2.09. The molecule has 1 aromatic heterocycles. The number of thiazole rings is 1. The van der Waals surface area contributed by atoms with E-state index in [9.17, 15) is 18.4 Å². The number of amides is 2. The van der Waals surface area contributed by atoms with E-state index in [1.165, 1.54) is 16.2 Å². The van der Waals surface area contributed by atoms with Crippen molar-refractivity contribution >= 4 is 38.5 Å². The first-order valence-electron chi connectivity index (χ1n) is 8.25. The Morgan fingerprint density at radius 1 is 1.24 bits per heavy atom. The van der Waals surface area contributed by atoms with Crippen LogP contribution in [-0.2, 0) is 9.59 Å². The predicted molar refractivity (Wildman–Crippen MR) is 90.8 cm³/mol. The molecule has 2 aliphatic heterocycles. The minimum absolute atomic E-state index is 0.0532. The van der Waals surface area contributed by atoms with Crippen molar-refractivity contribution < 1.29 is 18.4 Å². The van der Waals surface area contributed by atoms with Crippen molar-refractivity contribution in [2.45, 2.75) is 25.2 Å². The second-order valence-electron chi connectivity index (χ2n) is 6.55. The van der Waals surface area contributed by atoms with Crippen molar-refractivity contribution in [2.24, 2.45) is 5.92 Å². The molecule has 2 aliphatic rings. The molecule has 1 atom stereocenters. The Morgan fingerprint density at radius 2 is 1.96 bits per heavy atom. The Kier molecular flexibility index (Phi) is 3.94. The van der Waals surface area contributed by atoms with Crippen molar-refractivity contribution in [2.75, 3.05) is 24.5 Å². The van der Waals surface area contributed by atoms with Gasteiger partial charge in [-0.05, 0) is 12.1 Å². The van der Waals surface area contributed by atoms with Gasteiger partial charge in [0.25, 0.3) is 5.92 Å². The number of hydrogen-bond donors (Lipinski definition) is 0. The molecule has 25 heavy (non-hydrogen) atoms. The number of fused-ring (bicyclic) bond motifs is 1. The van der Waals surface area contributed by atoms with Gasteiger partial charge in [-0.25, -0.2) is 13.8 Å². The number of nitrogens with zero attached hydrogens (tertiary/aromatic N) is 3. The predicted octanol–water partition coefficient (Wildman–Crippen LogP) is 2.91. The zero-order chi connectivity index (χ0) is 17.6. The summed E-state index contributed by atoms with van der Waals surface area (Å²) in [6.45, 7) is 0.375. The maximum absolute atomic E-state index is 13.3. The summed E-state index contributed by atoms with van der Waals surface area (Å²) in [6.07, 6.45) is -0.496. The molecule has 0 saturated carbocycles. The molecule has 0 radical (unpaired) electrons. The van der Waals surface area contributed by atoms with Gasteiger partial charge in [-0.15, -0.1) is 0 Å². The molecule has 0 bridgehead atoms. The van der Waals surface area contributed by atoms with Gasteiger partial charge >= 0.3 is 0 Å². The summed E-state index contributed by atoms with van der Waals surface area (Å²) >= 11 is 1.42. The molecular weight excluding hydrogens is 348 g/mol. The van der Waals surface area contributed by atoms with Crippen LogP contribution >= 0.6 is 11.3 Å². The van der Waals surface area contributed by atoms with Crippen LogP contribution in [-0.4, -0.2) is 47.3 Å². The van der Waals surface area contributed by atoms with E-state index < -0.39 is 11.8 Å². The quantitative estimate of drug-likeness (QED) is 0.822.